The van der Waals surface area contributed by atoms with E-state index in [0.29, 0.717) is 6.42 Å². The summed E-state index contributed by atoms with van der Waals surface area (Å²) < 4.78 is 12.2. The normalized spacial score (nSPS) is 13.2. The molecule has 0 nitrogen and oxygen atoms in total. The van der Waals surface area contributed by atoms with Crippen molar-refractivity contribution in [3.05, 3.63) is 6.92 Å². The first-order chi connectivity index (χ1) is 5.77. The molecule has 1 radical (unpaired) electrons. The zero-order valence-electron chi connectivity index (χ0n) is 8.32. The van der Waals surface area contributed by atoms with E-state index in [1.165, 1.54) is 38.5 Å². The Labute approximate surface area is 76.6 Å². The van der Waals surface area contributed by atoms with Gasteiger partial charge in [0, 0.05) is 0 Å². The summed E-state index contributed by atoms with van der Waals surface area (Å²) in [5.74, 6) is 0. The lowest BCUT2D eigenvalue weighted by molar-refractivity contribution is 0.361. The molecule has 0 aromatic rings. The van der Waals surface area contributed by atoms with Gasteiger partial charge in [-0.25, -0.2) is 4.39 Å². The third-order valence-electron chi connectivity index (χ3n) is 2.12. The summed E-state index contributed by atoms with van der Waals surface area (Å²) >= 11 is 0. The van der Waals surface area contributed by atoms with Crippen LogP contribution in [-0.2, 0) is 0 Å². The minimum atomic E-state index is -0.847. The highest BCUT2D eigenvalue weighted by Gasteiger charge is 1.96. The maximum absolute atomic E-state index is 12.2. The Bertz CT molecular complexity index is 79.1. The lowest BCUT2D eigenvalue weighted by atomic mass is 10.1. The van der Waals surface area contributed by atoms with E-state index in [2.05, 4.69) is 13.8 Å². The SMILES string of the molecule is [CH2]C(F)CCCCCCCCC. The van der Waals surface area contributed by atoms with Crippen LogP contribution >= 0.6 is 0 Å². The highest BCUT2D eigenvalue weighted by atomic mass is 19.1. The Morgan fingerprint density at radius 3 is 2.00 bits per heavy atom. The number of halogens is 1. The van der Waals surface area contributed by atoms with Crippen molar-refractivity contribution in [2.75, 3.05) is 0 Å². The molecule has 0 bridgehead atoms. The molecule has 0 aromatic carbocycles. The van der Waals surface area contributed by atoms with E-state index >= 15 is 0 Å². The molecule has 0 spiro atoms. The molecule has 0 saturated heterocycles. The van der Waals surface area contributed by atoms with Crippen molar-refractivity contribution in [2.45, 2.75) is 64.5 Å². The Kier molecular flexibility index (Phi) is 8.97. The monoisotopic (exact) mass is 173 g/mol. The van der Waals surface area contributed by atoms with E-state index in [1.807, 2.05) is 0 Å². The molecule has 0 heterocycles. The molecule has 0 aliphatic carbocycles. The zero-order chi connectivity index (χ0) is 9.23. The number of unbranched alkanes of at least 4 members (excludes halogenated alkanes) is 6. The maximum atomic E-state index is 12.2. The van der Waals surface area contributed by atoms with Crippen molar-refractivity contribution < 1.29 is 4.39 Å². The quantitative estimate of drug-likeness (QED) is 0.480. The van der Waals surface area contributed by atoms with Crippen molar-refractivity contribution in [2.24, 2.45) is 0 Å². The summed E-state index contributed by atoms with van der Waals surface area (Å²) in [6.07, 6.45) is 8.58. The minimum Gasteiger partial charge on any atom is -0.247 e. The molecule has 1 heteroatoms. The Balaban J connectivity index is 2.82. The molecule has 12 heavy (non-hydrogen) atoms. The largest absolute Gasteiger partial charge is 0.247 e. The first-order valence-corrected chi connectivity index (χ1v) is 5.24. The van der Waals surface area contributed by atoms with Gasteiger partial charge in [0.05, 0.1) is 0 Å². The summed E-state index contributed by atoms with van der Waals surface area (Å²) in [4.78, 5) is 0. The molecule has 0 aliphatic heterocycles. The van der Waals surface area contributed by atoms with Gasteiger partial charge in [-0.1, -0.05) is 51.9 Å². The molecule has 0 amide bonds. The van der Waals surface area contributed by atoms with Crippen LogP contribution in [0, 0.1) is 6.92 Å². The zero-order valence-corrected chi connectivity index (χ0v) is 8.32. The van der Waals surface area contributed by atoms with E-state index in [9.17, 15) is 4.39 Å². The van der Waals surface area contributed by atoms with E-state index in [4.69, 9.17) is 0 Å². The van der Waals surface area contributed by atoms with E-state index in [-0.39, 0.29) is 0 Å². The van der Waals surface area contributed by atoms with Crippen LogP contribution in [0.2, 0.25) is 0 Å². The van der Waals surface area contributed by atoms with Crippen LogP contribution in [0.5, 0.6) is 0 Å². The maximum Gasteiger partial charge on any atom is 0.100 e. The van der Waals surface area contributed by atoms with Crippen LogP contribution in [0.1, 0.15) is 58.3 Å². The summed E-state index contributed by atoms with van der Waals surface area (Å²) in [7, 11) is 0. The Morgan fingerprint density at radius 1 is 1.00 bits per heavy atom. The van der Waals surface area contributed by atoms with Crippen molar-refractivity contribution in [1.29, 1.82) is 0 Å². The molecule has 0 rings (SSSR count). The average Bonchev–Trinajstić information content (AvgIpc) is 2.02. The number of hydrogen-bond donors (Lipinski definition) is 0. The highest BCUT2D eigenvalue weighted by molar-refractivity contribution is 4.57. The van der Waals surface area contributed by atoms with Crippen LogP contribution in [0.3, 0.4) is 0 Å². The van der Waals surface area contributed by atoms with Crippen LogP contribution in [0.25, 0.3) is 0 Å². The summed E-state index contributed by atoms with van der Waals surface area (Å²) in [5, 5.41) is 0. The fourth-order valence-electron chi connectivity index (χ4n) is 1.32. The van der Waals surface area contributed by atoms with Crippen molar-refractivity contribution in [3.63, 3.8) is 0 Å². The third kappa shape index (κ3) is 9.93. The highest BCUT2D eigenvalue weighted by Crippen LogP contribution is 2.10. The van der Waals surface area contributed by atoms with Gasteiger partial charge in [0.25, 0.3) is 0 Å². The standard InChI is InChI=1S/C11H22F/c1-3-4-5-6-7-8-9-10-11(2)12/h11H,2-10H2,1H3. The predicted molar refractivity (Wildman–Crippen MR) is 52.9 cm³/mol. The van der Waals surface area contributed by atoms with Crippen LogP contribution in [-0.4, -0.2) is 6.17 Å². The molecule has 1 atom stereocenters. The molecule has 0 aromatic heterocycles. The van der Waals surface area contributed by atoms with E-state index in [1.54, 1.807) is 0 Å². The van der Waals surface area contributed by atoms with Gasteiger partial charge < -0.3 is 0 Å². The summed E-state index contributed by atoms with van der Waals surface area (Å²) in [5.41, 5.74) is 0. The molecular weight excluding hydrogens is 151 g/mol. The van der Waals surface area contributed by atoms with Crippen LogP contribution < -0.4 is 0 Å². The molecule has 0 fully saturated rings. The first kappa shape index (κ1) is 11.9. The third-order valence-corrected chi connectivity index (χ3v) is 2.12. The van der Waals surface area contributed by atoms with Gasteiger partial charge in [-0.3, -0.25) is 0 Å². The predicted octanol–water partition coefficient (Wildman–Crippen LogP) is 4.30. The second-order valence-electron chi connectivity index (χ2n) is 3.51. The number of rotatable bonds is 8. The molecule has 0 aliphatic rings. The fourth-order valence-corrected chi connectivity index (χ4v) is 1.32. The topological polar surface area (TPSA) is 0 Å². The van der Waals surface area contributed by atoms with Gasteiger partial charge in [0.1, 0.15) is 6.17 Å². The van der Waals surface area contributed by atoms with E-state index in [0.717, 1.165) is 6.42 Å². The molecule has 1 unspecified atom stereocenters. The lowest BCUT2D eigenvalue weighted by Crippen LogP contribution is -1.91. The van der Waals surface area contributed by atoms with Crippen molar-refractivity contribution in [1.82, 2.24) is 0 Å². The Hall–Kier alpha value is -0.0700. The average molecular weight is 173 g/mol. The van der Waals surface area contributed by atoms with Gasteiger partial charge >= 0.3 is 0 Å². The van der Waals surface area contributed by atoms with Gasteiger partial charge in [-0.15, -0.1) is 0 Å². The summed E-state index contributed by atoms with van der Waals surface area (Å²) in [6, 6.07) is 0. The minimum absolute atomic E-state index is 0.647. The van der Waals surface area contributed by atoms with Crippen LogP contribution in [0.15, 0.2) is 0 Å². The summed E-state index contributed by atoms with van der Waals surface area (Å²) in [6.45, 7) is 5.54. The van der Waals surface area contributed by atoms with Crippen molar-refractivity contribution in [3.8, 4) is 0 Å². The molecule has 0 N–H and O–H groups in total. The lowest BCUT2D eigenvalue weighted by Gasteiger charge is -2.01. The van der Waals surface area contributed by atoms with Crippen LogP contribution in [0.4, 0.5) is 4.39 Å². The van der Waals surface area contributed by atoms with Gasteiger partial charge in [0.15, 0.2) is 0 Å². The van der Waals surface area contributed by atoms with Gasteiger partial charge in [0.2, 0.25) is 0 Å². The van der Waals surface area contributed by atoms with Crippen molar-refractivity contribution >= 4 is 0 Å². The number of alkyl halides is 1. The first-order valence-electron chi connectivity index (χ1n) is 5.24. The second-order valence-corrected chi connectivity index (χ2v) is 3.51. The molecule has 0 saturated carbocycles. The van der Waals surface area contributed by atoms with Gasteiger partial charge in [-0.05, 0) is 13.3 Å². The second kappa shape index (κ2) is 9.02. The molecule has 73 valence electrons. The smallest absolute Gasteiger partial charge is 0.100 e. The number of hydrogen-bond acceptors (Lipinski definition) is 0. The van der Waals surface area contributed by atoms with E-state index < -0.39 is 6.17 Å². The Morgan fingerprint density at radius 2 is 1.50 bits per heavy atom. The fraction of sp³-hybridized carbons (Fsp3) is 0.909. The van der Waals surface area contributed by atoms with Gasteiger partial charge in [-0.2, -0.15) is 0 Å². The molecular formula is C11H22F.